The lowest BCUT2D eigenvalue weighted by atomic mass is 10.1. The van der Waals surface area contributed by atoms with E-state index < -0.39 is 11.3 Å². The number of rotatable bonds is 5. The summed E-state index contributed by atoms with van der Waals surface area (Å²) in [7, 11) is 0. The van der Waals surface area contributed by atoms with Crippen LogP contribution in [0.3, 0.4) is 0 Å². The van der Waals surface area contributed by atoms with Crippen LogP contribution in [0.25, 0.3) is 0 Å². The summed E-state index contributed by atoms with van der Waals surface area (Å²) in [5, 5.41) is 4.92. The summed E-state index contributed by atoms with van der Waals surface area (Å²) in [6, 6.07) is 16.1. The zero-order chi connectivity index (χ0) is 16.7. The molecule has 1 atom stereocenters. The topological polar surface area (TPSA) is 58.2 Å². The first-order valence-electron chi connectivity index (χ1n) is 7.16. The molecule has 2 aromatic carbocycles. The number of halogens is 1. The Bertz CT molecular complexity index is 679. The summed E-state index contributed by atoms with van der Waals surface area (Å²) in [6.45, 7) is 2.24. The van der Waals surface area contributed by atoms with Crippen LogP contribution in [0.4, 0.5) is 4.79 Å². The molecule has 0 aromatic heterocycles. The fourth-order valence-corrected chi connectivity index (χ4v) is 3.27. The van der Waals surface area contributed by atoms with E-state index >= 15 is 0 Å². The van der Waals surface area contributed by atoms with Gasteiger partial charge in [-0.15, -0.1) is 11.8 Å². The van der Waals surface area contributed by atoms with E-state index in [4.69, 9.17) is 11.6 Å². The monoisotopic (exact) mass is 348 g/mol. The van der Waals surface area contributed by atoms with E-state index in [9.17, 15) is 9.59 Å². The minimum atomic E-state index is -0.571. The van der Waals surface area contributed by atoms with Gasteiger partial charge in [0.15, 0.2) is 0 Å². The molecule has 0 fully saturated rings. The molecular weight excluding hydrogens is 332 g/mol. The van der Waals surface area contributed by atoms with Crippen molar-refractivity contribution in [1.82, 2.24) is 10.6 Å². The van der Waals surface area contributed by atoms with Crippen molar-refractivity contribution < 1.29 is 9.59 Å². The lowest BCUT2D eigenvalue weighted by molar-refractivity contribution is -0.119. The van der Waals surface area contributed by atoms with E-state index in [1.165, 1.54) is 11.8 Å². The third-order valence-corrected chi connectivity index (χ3v) is 4.77. The Morgan fingerprint density at radius 1 is 1.09 bits per heavy atom. The Kier molecular flexibility index (Phi) is 6.50. The maximum atomic E-state index is 12.5. The lowest BCUT2D eigenvalue weighted by Gasteiger charge is -2.17. The fraction of sp³-hybridized carbons (Fsp3) is 0.176. The van der Waals surface area contributed by atoms with Gasteiger partial charge < -0.3 is 5.32 Å². The van der Waals surface area contributed by atoms with Crippen molar-refractivity contribution in [3.63, 3.8) is 0 Å². The molecule has 0 radical (unpaired) electrons. The number of hydrogen-bond donors (Lipinski definition) is 2. The van der Waals surface area contributed by atoms with E-state index in [2.05, 4.69) is 10.6 Å². The standard InChI is InChI=1S/C17H17ClN2O2S/c1-2-19-17(22)20-16(21)15(12-8-4-3-5-9-12)23-14-11-7-6-10-13(14)18/h3-11,15H,2H2,1H3,(H2,19,20,21,22)/t15-/m0/s1. The molecule has 0 saturated carbocycles. The Balaban J connectivity index is 2.24. The molecule has 3 amide bonds. The Morgan fingerprint density at radius 2 is 1.74 bits per heavy atom. The maximum absolute atomic E-state index is 12.5. The van der Waals surface area contributed by atoms with Crippen LogP contribution in [-0.4, -0.2) is 18.5 Å². The molecule has 0 saturated heterocycles. The van der Waals surface area contributed by atoms with E-state index in [0.29, 0.717) is 11.6 Å². The molecule has 0 aliphatic heterocycles. The zero-order valence-corrected chi connectivity index (χ0v) is 14.2. The first kappa shape index (κ1) is 17.4. The minimum Gasteiger partial charge on any atom is -0.338 e. The van der Waals surface area contributed by atoms with E-state index in [-0.39, 0.29) is 5.91 Å². The van der Waals surface area contributed by atoms with Crippen molar-refractivity contribution >= 4 is 35.3 Å². The molecule has 0 bridgehead atoms. The molecule has 2 N–H and O–H groups in total. The number of imide groups is 1. The quantitative estimate of drug-likeness (QED) is 0.802. The molecule has 0 aliphatic rings. The molecule has 6 heteroatoms. The number of urea groups is 1. The molecule has 23 heavy (non-hydrogen) atoms. The molecule has 0 unspecified atom stereocenters. The highest BCUT2D eigenvalue weighted by Crippen LogP contribution is 2.38. The van der Waals surface area contributed by atoms with Crippen LogP contribution in [0, 0.1) is 0 Å². The van der Waals surface area contributed by atoms with Gasteiger partial charge >= 0.3 is 6.03 Å². The summed E-state index contributed by atoms with van der Waals surface area (Å²) < 4.78 is 0. The summed E-state index contributed by atoms with van der Waals surface area (Å²) in [5.41, 5.74) is 0.805. The van der Waals surface area contributed by atoms with Crippen molar-refractivity contribution in [2.45, 2.75) is 17.1 Å². The van der Waals surface area contributed by atoms with Gasteiger partial charge in [-0.2, -0.15) is 0 Å². The van der Waals surface area contributed by atoms with Gasteiger partial charge in [-0.3, -0.25) is 10.1 Å². The Labute approximate surface area is 144 Å². The molecular formula is C17H17ClN2O2S. The highest BCUT2D eigenvalue weighted by molar-refractivity contribution is 8.00. The number of hydrogen-bond acceptors (Lipinski definition) is 3. The number of amides is 3. The largest absolute Gasteiger partial charge is 0.338 e. The number of thioether (sulfide) groups is 1. The molecule has 4 nitrogen and oxygen atoms in total. The number of carbonyl (C=O) groups excluding carboxylic acids is 2. The summed E-state index contributed by atoms with van der Waals surface area (Å²) in [6.07, 6.45) is 0. The van der Waals surface area contributed by atoms with Crippen molar-refractivity contribution in [2.24, 2.45) is 0 Å². The molecule has 120 valence electrons. The van der Waals surface area contributed by atoms with E-state index in [1.54, 1.807) is 13.0 Å². The third-order valence-electron chi connectivity index (χ3n) is 3.00. The smallest absolute Gasteiger partial charge is 0.321 e. The van der Waals surface area contributed by atoms with Crippen LogP contribution in [0.1, 0.15) is 17.7 Å². The number of nitrogens with one attached hydrogen (secondary N) is 2. The summed E-state index contributed by atoms with van der Waals surface area (Å²) in [4.78, 5) is 24.9. The van der Waals surface area contributed by atoms with Gasteiger partial charge in [0.2, 0.25) is 5.91 Å². The first-order valence-corrected chi connectivity index (χ1v) is 8.42. The van der Waals surface area contributed by atoms with Crippen molar-refractivity contribution in [3.05, 3.63) is 65.2 Å². The molecule has 0 aliphatic carbocycles. The van der Waals surface area contributed by atoms with Gasteiger partial charge in [-0.25, -0.2) is 4.79 Å². The first-order chi connectivity index (χ1) is 11.1. The Morgan fingerprint density at radius 3 is 2.39 bits per heavy atom. The zero-order valence-electron chi connectivity index (χ0n) is 12.6. The van der Waals surface area contributed by atoms with Crippen LogP contribution in [0.5, 0.6) is 0 Å². The predicted octanol–water partition coefficient (Wildman–Crippen LogP) is 4.02. The minimum absolute atomic E-state index is 0.382. The SMILES string of the molecule is CCNC(=O)NC(=O)[C@@H](Sc1ccccc1Cl)c1ccccc1. The fourth-order valence-electron chi connectivity index (χ4n) is 1.95. The summed E-state index contributed by atoms with van der Waals surface area (Å²) in [5.74, 6) is -0.382. The van der Waals surface area contributed by atoms with Crippen molar-refractivity contribution in [3.8, 4) is 0 Å². The van der Waals surface area contributed by atoms with Gasteiger partial charge in [-0.05, 0) is 24.6 Å². The highest BCUT2D eigenvalue weighted by atomic mass is 35.5. The molecule has 2 aromatic rings. The normalized spacial score (nSPS) is 11.6. The van der Waals surface area contributed by atoms with Crippen LogP contribution in [-0.2, 0) is 4.79 Å². The average molecular weight is 349 g/mol. The van der Waals surface area contributed by atoms with Gasteiger partial charge in [-0.1, -0.05) is 54.1 Å². The van der Waals surface area contributed by atoms with Crippen molar-refractivity contribution in [2.75, 3.05) is 6.54 Å². The summed E-state index contributed by atoms with van der Waals surface area (Å²) >= 11 is 7.50. The average Bonchev–Trinajstić information content (AvgIpc) is 2.55. The van der Waals surface area contributed by atoms with Crippen LogP contribution in [0.15, 0.2) is 59.5 Å². The predicted molar refractivity (Wildman–Crippen MR) is 93.7 cm³/mol. The number of carbonyl (C=O) groups is 2. The molecule has 0 heterocycles. The second-order valence-corrected chi connectivity index (χ2v) is 6.24. The molecule has 0 spiro atoms. The van der Waals surface area contributed by atoms with Crippen LogP contribution in [0.2, 0.25) is 5.02 Å². The Hall–Kier alpha value is -1.98. The number of benzene rings is 2. The van der Waals surface area contributed by atoms with Crippen LogP contribution >= 0.6 is 23.4 Å². The van der Waals surface area contributed by atoms with Gasteiger partial charge in [0.1, 0.15) is 5.25 Å². The lowest BCUT2D eigenvalue weighted by Crippen LogP contribution is -2.41. The van der Waals surface area contributed by atoms with Gasteiger partial charge in [0, 0.05) is 11.4 Å². The third kappa shape index (κ3) is 5.01. The molecule has 2 rings (SSSR count). The van der Waals surface area contributed by atoms with Crippen molar-refractivity contribution in [1.29, 1.82) is 0 Å². The van der Waals surface area contributed by atoms with E-state index in [1.807, 2.05) is 48.5 Å². The highest BCUT2D eigenvalue weighted by Gasteiger charge is 2.24. The maximum Gasteiger partial charge on any atom is 0.321 e. The van der Waals surface area contributed by atoms with E-state index in [0.717, 1.165) is 10.5 Å². The van der Waals surface area contributed by atoms with Crippen LogP contribution < -0.4 is 10.6 Å². The second-order valence-electron chi connectivity index (χ2n) is 4.69. The van der Waals surface area contributed by atoms with Gasteiger partial charge in [0.05, 0.1) is 5.02 Å². The second kappa shape index (κ2) is 8.60. The van der Waals surface area contributed by atoms with Gasteiger partial charge in [0.25, 0.3) is 0 Å².